The number of anilines is 1. The van der Waals surface area contributed by atoms with Crippen molar-refractivity contribution in [3.8, 4) is 5.75 Å². The van der Waals surface area contributed by atoms with Crippen molar-refractivity contribution in [2.45, 2.75) is 69.5 Å². The van der Waals surface area contributed by atoms with Gasteiger partial charge in [-0.3, -0.25) is 13.9 Å². The third-order valence-corrected chi connectivity index (χ3v) is 10.5. The fraction of sp³-hybridized carbons (Fsp3) is 0.316. The lowest BCUT2D eigenvalue weighted by Gasteiger charge is -2.34. The summed E-state index contributed by atoms with van der Waals surface area (Å²) in [7, 11) is -2.77. The van der Waals surface area contributed by atoms with Crippen LogP contribution in [0.25, 0.3) is 0 Å². The van der Waals surface area contributed by atoms with E-state index in [4.69, 9.17) is 4.74 Å². The molecule has 246 valence electrons. The second-order valence-corrected chi connectivity index (χ2v) is 14.1. The Balaban J connectivity index is 1.58. The smallest absolute Gasteiger partial charge is 0.264 e. The van der Waals surface area contributed by atoms with Gasteiger partial charge in [-0.2, -0.15) is 0 Å². The zero-order chi connectivity index (χ0) is 33.4. The Kier molecular flexibility index (Phi) is 11.0. The van der Waals surface area contributed by atoms with Crippen molar-refractivity contribution in [2.75, 3.05) is 18.0 Å². The number of amides is 2. The molecule has 1 N–H and O–H groups in total. The van der Waals surface area contributed by atoms with Crippen molar-refractivity contribution in [1.82, 2.24) is 10.2 Å². The van der Waals surface area contributed by atoms with Gasteiger partial charge in [-0.15, -0.1) is 0 Å². The summed E-state index contributed by atoms with van der Waals surface area (Å²) in [6.45, 7) is 3.45. The molecule has 0 heterocycles. The number of para-hydroxylation sites is 2. The summed E-state index contributed by atoms with van der Waals surface area (Å²) in [5.41, 5.74) is 3.94. The number of hydrogen-bond acceptors (Lipinski definition) is 5. The predicted octanol–water partition coefficient (Wildman–Crippen LogP) is 6.21. The molecule has 4 aromatic rings. The van der Waals surface area contributed by atoms with Gasteiger partial charge in [-0.05, 0) is 62.1 Å². The molecule has 5 rings (SSSR count). The molecule has 0 spiro atoms. The third kappa shape index (κ3) is 8.40. The quantitative estimate of drug-likeness (QED) is 0.185. The van der Waals surface area contributed by atoms with E-state index in [-0.39, 0.29) is 35.5 Å². The standard InChI is InChI=1S/C38H43N3O5S/c1-28-17-21-31(22-18-28)26-40(35(25-30-11-5-4-6-12-30)38(43)39-32-13-7-8-14-32)37(42)27-41(34-15-9-10-16-36(34)46-3)47(44,45)33-23-19-29(2)20-24-33/h4-6,9-12,15-24,32,35H,7-8,13-14,25-27H2,1-3H3,(H,39,43)/t35-/m1/s1. The molecule has 0 aromatic heterocycles. The molecule has 0 bridgehead atoms. The van der Waals surface area contributed by atoms with Crippen LogP contribution in [0.4, 0.5) is 5.69 Å². The highest BCUT2D eigenvalue weighted by Crippen LogP contribution is 2.33. The first-order valence-corrected chi connectivity index (χ1v) is 17.5. The Morgan fingerprint density at radius 2 is 1.40 bits per heavy atom. The van der Waals surface area contributed by atoms with Crippen molar-refractivity contribution in [1.29, 1.82) is 0 Å². The average Bonchev–Trinajstić information content (AvgIpc) is 3.59. The topological polar surface area (TPSA) is 96.0 Å². The Morgan fingerprint density at radius 3 is 2.04 bits per heavy atom. The lowest BCUT2D eigenvalue weighted by atomic mass is 10.0. The van der Waals surface area contributed by atoms with Crippen LogP contribution in [0.1, 0.15) is 47.9 Å². The van der Waals surface area contributed by atoms with Crippen molar-refractivity contribution >= 4 is 27.5 Å². The molecule has 1 saturated carbocycles. The normalized spacial score (nSPS) is 13.9. The van der Waals surface area contributed by atoms with E-state index in [1.165, 1.54) is 24.1 Å². The SMILES string of the molecule is COc1ccccc1N(CC(=O)N(Cc1ccc(C)cc1)[C@H](Cc1ccccc1)C(=O)NC1CCCC1)S(=O)(=O)c1ccc(C)cc1. The van der Waals surface area contributed by atoms with Crippen LogP contribution in [-0.2, 0) is 32.6 Å². The molecule has 1 aliphatic rings. The summed E-state index contributed by atoms with van der Waals surface area (Å²) >= 11 is 0. The Labute approximate surface area is 278 Å². The number of hydrogen-bond donors (Lipinski definition) is 1. The molecule has 1 aliphatic carbocycles. The molecule has 0 aliphatic heterocycles. The third-order valence-electron chi connectivity index (χ3n) is 8.69. The van der Waals surface area contributed by atoms with Crippen molar-refractivity contribution in [2.24, 2.45) is 0 Å². The number of sulfonamides is 1. The van der Waals surface area contributed by atoms with Crippen LogP contribution < -0.4 is 14.4 Å². The van der Waals surface area contributed by atoms with Gasteiger partial charge in [-0.25, -0.2) is 8.42 Å². The molecule has 9 heteroatoms. The molecule has 0 radical (unpaired) electrons. The Morgan fingerprint density at radius 1 is 0.809 bits per heavy atom. The maximum Gasteiger partial charge on any atom is 0.264 e. The van der Waals surface area contributed by atoms with E-state index in [0.717, 1.165) is 52.2 Å². The zero-order valence-corrected chi connectivity index (χ0v) is 28.1. The maximum absolute atomic E-state index is 14.7. The van der Waals surface area contributed by atoms with E-state index in [2.05, 4.69) is 5.32 Å². The van der Waals surface area contributed by atoms with Crippen LogP contribution in [0.2, 0.25) is 0 Å². The minimum Gasteiger partial charge on any atom is -0.495 e. The minimum atomic E-state index is -4.23. The van der Waals surface area contributed by atoms with Crippen LogP contribution in [0.3, 0.4) is 0 Å². The van der Waals surface area contributed by atoms with Crippen molar-refractivity contribution in [3.63, 3.8) is 0 Å². The average molecular weight is 654 g/mol. The Hall–Kier alpha value is -4.63. The fourth-order valence-corrected chi connectivity index (χ4v) is 7.42. The van der Waals surface area contributed by atoms with Gasteiger partial charge in [0.05, 0.1) is 17.7 Å². The minimum absolute atomic E-state index is 0.0455. The summed E-state index contributed by atoms with van der Waals surface area (Å²) in [5.74, 6) is -0.443. The second kappa shape index (κ2) is 15.3. The lowest BCUT2D eigenvalue weighted by molar-refractivity contribution is -0.140. The molecule has 0 saturated heterocycles. The van der Waals surface area contributed by atoms with E-state index in [9.17, 15) is 18.0 Å². The molecule has 47 heavy (non-hydrogen) atoms. The number of ether oxygens (including phenoxy) is 1. The van der Waals surface area contributed by atoms with E-state index < -0.39 is 28.5 Å². The number of carbonyl (C=O) groups is 2. The van der Waals surface area contributed by atoms with Gasteiger partial charge in [0.15, 0.2) is 0 Å². The molecule has 1 fully saturated rings. The second-order valence-electron chi connectivity index (χ2n) is 12.2. The molecule has 0 unspecified atom stereocenters. The van der Waals surface area contributed by atoms with E-state index in [0.29, 0.717) is 5.75 Å². The number of benzene rings is 4. The number of rotatable bonds is 13. The van der Waals surface area contributed by atoms with Gasteiger partial charge in [0, 0.05) is 19.0 Å². The monoisotopic (exact) mass is 653 g/mol. The molecule has 8 nitrogen and oxygen atoms in total. The number of carbonyl (C=O) groups excluding carboxylic acids is 2. The lowest BCUT2D eigenvalue weighted by Crippen LogP contribution is -2.54. The predicted molar refractivity (Wildman–Crippen MR) is 185 cm³/mol. The number of nitrogens with one attached hydrogen (secondary N) is 1. The highest BCUT2D eigenvalue weighted by atomic mass is 32.2. The summed E-state index contributed by atoms with van der Waals surface area (Å²) in [6, 6.07) is 29.8. The highest BCUT2D eigenvalue weighted by molar-refractivity contribution is 7.92. The fourth-order valence-electron chi connectivity index (χ4n) is 6.00. The molecule has 4 aromatic carbocycles. The maximum atomic E-state index is 14.7. The van der Waals surface area contributed by atoms with Gasteiger partial charge >= 0.3 is 0 Å². The highest BCUT2D eigenvalue weighted by Gasteiger charge is 2.36. The number of nitrogens with zero attached hydrogens (tertiary/aromatic N) is 2. The summed E-state index contributed by atoms with van der Waals surface area (Å²) in [6.07, 6.45) is 4.16. The number of methoxy groups -OCH3 is 1. The van der Waals surface area contributed by atoms with Gasteiger partial charge in [-0.1, -0.05) is 103 Å². The Bertz CT molecular complexity index is 1750. The van der Waals surface area contributed by atoms with Crippen LogP contribution in [-0.4, -0.2) is 50.9 Å². The largest absolute Gasteiger partial charge is 0.495 e. The number of aryl methyl sites for hydroxylation is 2. The van der Waals surface area contributed by atoms with E-state index in [1.54, 1.807) is 36.4 Å². The van der Waals surface area contributed by atoms with Crippen LogP contribution >= 0.6 is 0 Å². The molecular formula is C38H43N3O5S. The van der Waals surface area contributed by atoms with E-state index >= 15 is 0 Å². The van der Waals surface area contributed by atoms with Gasteiger partial charge in [0.25, 0.3) is 10.0 Å². The first-order chi connectivity index (χ1) is 22.7. The van der Waals surface area contributed by atoms with Gasteiger partial charge in [0.2, 0.25) is 11.8 Å². The van der Waals surface area contributed by atoms with Crippen LogP contribution in [0.5, 0.6) is 5.75 Å². The van der Waals surface area contributed by atoms with Gasteiger partial charge < -0.3 is 15.0 Å². The van der Waals surface area contributed by atoms with Crippen LogP contribution in [0, 0.1) is 13.8 Å². The zero-order valence-electron chi connectivity index (χ0n) is 27.3. The molecule has 1 atom stereocenters. The summed E-state index contributed by atoms with van der Waals surface area (Å²) in [4.78, 5) is 30.4. The molecule has 2 amide bonds. The van der Waals surface area contributed by atoms with E-state index in [1.807, 2.05) is 68.4 Å². The molecular weight excluding hydrogens is 611 g/mol. The summed E-state index contributed by atoms with van der Waals surface area (Å²) < 4.78 is 35.3. The first-order valence-electron chi connectivity index (χ1n) is 16.1. The summed E-state index contributed by atoms with van der Waals surface area (Å²) in [5, 5.41) is 3.21. The van der Waals surface area contributed by atoms with Gasteiger partial charge in [0.1, 0.15) is 18.3 Å². The van der Waals surface area contributed by atoms with Crippen molar-refractivity contribution < 1.29 is 22.7 Å². The van der Waals surface area contributed by atoms with Crippen LogP contribution in [0.15, 0.2) is 108 Å². The first kappa shape index (κ1) is 33.7. The van der Waals surface area contributed by atoms with Crippen molar-refractivity contribution in [3.05, 3.63) is 125 Å².